The van der Waals surface area contributed by atoms with Crippen LogP contribution in [0.25, 0.3) is 0 Å². The Bertz CT molecular complexity index is 541. The lowest BCUT2D eigenvalue weighted by molar-refractivity contribution is -0.121. The van der Waals surface area contributed by atoms with Gasteiger partial charge in [-0.1, -0.05) is 17.7 Å². The highest BCUT2D eigenvalue weighted by molar-refractivity contribution is 5.87. The van der Waals surface area contributed by atoms with Gasteiger partial charge in [-0.15, -0.1) is 0 Å². The minimum absolute atomic E-state index is 0. The van der Waals surface area contributed by atoms with Crippen molar-refractivity contribution in [1.29, 1.82) is 0 Å². The predicted octanol–water partition coefficient (Wildman–Crippen LogP) is 4.19. The first-order chi connectivity index (χ1) is 13.1. The summed E-state index contributed by atoms with van der Waals surface area (Å²) in [5.41, 5.74) is 1.17. The van der Waals surface area contributed by atoms with Crippen LogP contribution in [-0.2, 0) is 24.0 Å². The fourth-order valence-electron chi connectivity index (χ4n) is 1.44. The Kier molecular flexibility index (Phi) is 35.6. The van der Waals surface area contributed by atoms with E-state index in [1.165, 1.54) is 34.6 Å². The van der Waals surface area contributed by atoms with Crippen LogP contribution in [0.4, 0.5) is 0 Å². The second-order valence-electron chi connectivity index (χ2n) is 8.18. The number of hydrogen-bond donors (Lipinski definition) is 1. The third-order valence-electron chi connectivity index (χ3n) is 1.72. The molecular weight excluding hydrogens is 400 g/mol. The highest BCUT2D eigenvalue weighted by Gasteiger charge is 2.13. The SMILES string of the molecule is C=C(C)CC(C)=O.CC(=O)C=C(C)C.CC(=O)CC(C)(C)O.CC(C)=O.CC(C)=O.O. The molecule has 0 amide bonds. The van der Waals surface area contributed by atoms with Gasteiger partial charge in [0.15, 0.2) is 5.78 Å². The number of rotatable bonds is 5. The van der Waals surface area contributed by atoms with Crippen molar-refractivity contribution in [3.8, 4) is 0 Å². The largest absolute Gasteiger partial charge is 0.412 e. The van der Waals surface area contributed by atoms with E-state index in [-0.39, 0.29) is 40.8 Å². The van der Waals surface area contributed by atoms with Gasteiger partial charge in [0.1, 0.15) is 23.1 Å². The molecule has 0 aliphatic rings. The third-order valence-corrected chi connectivity index (χ3v) is 1.72. The van der Waals surface area contributed by atoms with E-state index in [9.17, 15) is 24.0 Å². The Morgan fingerprint density at radius 3 is 1.03 bits per heavy atom. The van der Waals surface area contributed by atoms with Crippen molar-refractivity contribution >= 4 is 28.9 Å². The molecule has 0 saturated carbocycles. The molecule has 0 radical (unpaired) electrons. The monoisotopic (exact) mass is 446 g/mol. The Hall–Kier alpha value is -2.25. The van der Waals surface area contributed by atoms with E-state index in [0.717, 1.165) is 11.1 Å². The van der Waals surface area contributed by atoms with E-state index in [0.29, 0.717) is 6.42 Å². The average Bonchev–Trinajstić information content (AvgIpc) is 2.30. The summed E-state index contributed by atoms with van der Waals surface area (Å²) < 4.78 is 0. The molecule has 0 rings (SSSR count). The second kappa shape index (κ2) is 25.8. The van der Waals surface area contributed by atoms with Crippen molar-refractivity contribution in [3.63, 3.8) is 0 Å². The zero-order valence-corrected chi connectivity index (χ0v) is 21.7. The molecule has 0 aromatic heterocycles. The fraction of sp³-hybridized carbons (Fsp3) is 0.625. The third kappa shape index (κ3) is 159. The van der Waals surface area contributed by atoms with E-state index in [1.807, 2.05) is 20.8 Å². The molecule has 0 atom stereocenters. The standard InChI is InChI=1S/C6H12O2.2C6H10O.2C3H6O.H2O/c1-5(7)4-6(2,3)8;2*1-5(2)4-6(3)7;2*1-3(2)4;/h8H,4H2,1-3H3;4H,1-3H3;1,4H2,2-3H3;2*1-2H3;1H2. The molecule has 0 bridgehead atoms. The molecule has 0 spiro atoms. The lowest BCUT2D eigenvalue weighted by Gasteiger charge is -2.13. The molecule has 184 valence electrons. The molecule has 0 fully saturated rings. The fourth-order valence-corrected chi connectivity index (χ4v) is 1.44. The number of carbonyl (C=O) groups excluding carboxylic acids is 5. The minimum atomic E-state index is -0.828. The normalized spacial score (nSPS) is 8.29. The molecule has 7 heteroatoms. The maximum absolute atomic E-state index is 10.3. The highest BCUT2D eigenvalue weighted by Crippen LogP contribution is 2.06. The van der Waals surface area contributed by atoms with Crippen molar-refractivity contribution < 1.29 is 34.6 Å². The van der Waals surface area contributed by atoms with Gasteiger partial charge in [-0.25, -0.2) is 0 Å². The van der Waals surface area contributed by atoms with Crippen LogP contribution in [0.15, 0.2) is 23.8 Å². The van der Waals surface area contributed by atoms with Crippen LogP contribution in [0.1, 0.15) is 95.9 Å². The maximum Gasteiger partial charge on any atom is 0.152 e. The van der Waals surface area contributed by atoms with Gasteiger partial charge in [-0.2, -0.15) is 0 Å². The summed E-state index contributed by atoms with van der Waals surface area (Å²) >= 11 is 0. The molecule has 7 nitrogen and oxygen atoms in total. The molecule has 31 heavy (non-hydrogen) atoms. The van der Waals surface area contributed by atoms with E-state index in [4.69, 9.17) is 5.11 Å². The lowest BCUT2D eigenvalue weighted by atomic mass is 10.0. The molecule has 0 unspecified atom stereocenters. The predicted molar refractivity (Wildman–Crippen MR) is 128 cm³/mol. The van der Waals surface area contributed by atoms with E-state index >= 15 is 0 Å². The summed E-state index contributed by atoms with van der Waals surface area (Å²) in [4.78, 5) is 49.6. The highest BCUT2D eigenvalue weighted by atomic mass is 16.3. The first kappa shape index (κ1) is 42.8. The number of carbonyl (C=O) groups is 5. The van der Waals surface area contributed by atoms with Crippen LogP contribution >= 0.6 is 0 Å². The Balaban J connectivity index is -0.0000000642. The summed E-state index contributed by atoms with van der Waals surface area (Å²) in [5, 5.41) is 8.97. The van der Waals surface area contributed by atoms with Gasteiger partial charge in [0.2, 0.25) is 0 Å². The van der Waals surface area contributed by atoms with Crippen molar-refractivity contribution in [1.82, 2.24) is 0 Å². The van der Waals surface area contributed by atoms with Crippen LogP contribution in [0.2, 0.25) is 0 Å². The number of Topliss-reactive ketones (excluding diaryl/α,β-unsaturated/α-hetero) is 4. The van der Waals surface area contributed by atoms with Crippen molar-refractivity contribution in [2.24, 2.45) is 0 Å². The van der Waals surface area contributed by atoms with Crippen molar-refractivity contribution in [2.45, 2.75) is 102 Å². The maximum atomic E-state index is 10.3. The van der Waals surface area contributed by atoms with E-state index in [1.54, 1.807) is 33.8 Å². The van der Waals surface area contributed by atoms with Gasteiger partial charge in [0.25, 0.3) is 0 Å². The Morgan fingerprint density at radius 2 is 1.03 bits per heavy atom. The molecule has 0 saturated heterocycles. The first-order valence-electron chi connectivity index (χ1n) is 9.59. The molecule has 0 aliphatic carbocycles. The van der Waals surface area contributed by atoms with Crippen molar-refractivity contribution in [2.75, 3.05) is 0 Å². The topological polar surface area (TPSA) is 137 Å². The quantitative estimate of drug-likeness (QED) is 0.496. The van der Waals surface area contributed by atoms with Gasteiger partial charge in [-0.05, 0) is 89.2 Å². The summed E-state index contributed by atoms with van der Waals surface area (Å²) in [5.74, 6) is 0.671. The Morgan fingerprint density at radius 1 is 0.742 bits per heavy atom. The molecule has 0 aromatic rings. The van der Waals surface area contributed by atoms with Crippen LogP contribution in [0, 0.1) is 0 Å². The van der Waals surface area contributed by atoms with Gasteiger partial charge in [-0.3, -0.25) is 14.4 Å². The van der Waals surface area contributed by atoms with Crippen molar-refractivity contribution in [3.05, 3.63) is 23.8 Å². The van der Waals surface area contributed by atoms with Crippen LogP contribution in [0.5, 0.6) is 0 Å². The Labute approximate surface area is 189 Å². The summed E-state index contributed by atoms with van der Waals surface area (Å²) in [6.07, 6.45) is 2.38. The molecular formula is C24H46O7. The number of allylic oxidation sites excluding steroid dienone is 3. The summed E-state index contributed by atoms with van der Waals surface area (Å²) in [6, 6.07) is 0. The second-order valence-corrected chi connectivity index (χ2v) is 8.18. The van der Waals surface area contributed by atoms with Crippen LogP contribution in [0.3, 0.4) is 0 Å². The first-order valence-corrected chi connectivity index (χ1v) is 9.59. The van der Waals surface area contributed by atoms with Gasteiger partial charge in [0.05, 0.1) is 5.60 Å². The van der Waals surface area contributed by atoms with Crippen LogP contribution < -0.4 is 0 Å². The average molecular weight is 447 g/mol. The van der Waals surface area contributed by atoms with Gasteiger partial charge in [0, 0.05) is 12.8 Å². The van der Waals surface area contributed by atoms with Gasteiger partial charge >= 0.3 is 0 Å². The van der Waals surface area contributed by atoms with Gasteiger partial charge < -0.3 is 20.2 Å². The smallest absolute Gasteiger partial charge is 0.152 e. The molecule has 0 heterocycles. The minimum Gasteiger partial charge on any atom is -0.412 e. The van der Waals surface area contributed by atoms with Crippen LogP contribution in [-0.4, -0.2) is 45.1 Å². The number of aliphatic hydroxyl groups is 1. The molecule has 0 aliphatic heterocycles. The van der Waals surface area contributed by atoms with E-state index in [2.05, 4.69) is 6.58 Å². The summed E-state index contributed by atoms with van der Waals surface area (Å²) in [6.45, 7) is 23.2. The number of ketones is 5. The number of hydrogen-bond acceptors (Lipinski definition) is 6. The molecule has 3 N–H and O–H groups in total. The molecule has 0 aromatic carbocycles. The zero-order valence-electron chi connectivity index (χ0n) is 21.7. The van der Waals surface area contributed by atoms with E-state index < -0.39 is 5.60 Å². The summed E-state index contributed by atoms with van der Waals surface area (Å²) in [7, 11) is 0. The zero-order chi connectivity index (χ0) is 25.7. The lowest BCUT2D eigenvalue weighted by Crippen LogP contribution is -2.21.